The number of hydrogen-bond acceptors (Lipinski definition) is 2. The van der Waals surface area contributed by atoms with Gasteiger partial charge in [0.25, 0.3) is 0 Å². The van der Waals surface area contributed by atoms with Crippen LogP contribution in [0.15, 0.2) is 29.2 Å². The van der Waals surface area contributed by atoms with E-state index in [1.807, 2.05) is 19.1 Å². The van der Waals surface area contributed by atoms with Gasteiger partial charge in [-0.25, -0.2) is 8.42 Å². The third kappa shape index (κ3) is 4.33. The normalized spacial score (nSPS) is 23.9. The first-order valence-corrected chi connectivity index (χ1v) is 14.4. The number of halogens is 1. The van der Waals surface area contributed by atoms with E-state index in [-0.39, 0.29) is 0 Å². The highest BCUT2D eigenvalue weighted by Gasteiger charge is 2.40. The molecule has 124 valence electrons. The van der Waals surface area contributed by atoms with Gasteiger partial charge in [0.2, 0.25) is 10.0 Å². The predicted octanol–water partition coefficient (Wildman–Crippen LogP) is 4.00. The average molecular weight is 451 g/mol. The molecular formula is C16H26INO2SSi. The van der Waals surface area contributed by atoms with Crippen molar-refractivity contribution in [2.45, 2.75) is 37.5 Å². The van der Waals surface area contributed by atoms with E-state index in [1.54, 1.807) is 16.4 Å². The molecule has 0 aromatic heterocycles. The zero-order valence-corrected chi connectivity index (χ0v) is 17.8. The molecule has 0 radical (unpaired) electrons. The topological polar surface area (TPSA) is 37.4 Å². The molecule has 1 aliphatic heterocycles. The Bertz CT molecular complexity index is 610. The van der Waals surface area contributed by atoms with Crippen LogP contribution in [0.5, 0.6) is 0 Å². The second-order valence-electron chi connectivity index (χ2n) is 7.57. The lowest BCUT2D eigenvalue weighted by atomic mass is 10.0. The Labute approximate surface area is 149 Å². The maximum Gasteiger partial charge on any atom is 0.243 e. The fourth-order valence-electron chi connectivity index (χ4n) is 3.14. The van der Waals surface area contributed by atoms with Gasteiger partial charge in [-0.1, -0.05) is 66.0 Å². The van der Waals surface area contributed by atoms with E-state index in [1.165, 1.54) is 6.04 Å². The first-order chi connectivity index (χ1) is 10.1. The molecule has 1 fully saturated rings. The predicted molar refractivity (Wildman–Crippen MR) is 104 cm³/mol. The van der Waals surface area contributed by atoms with E-state index in [0.717, 1.165) is 9.99 Å². The number of hydrogen-bond donors (Lipinski definition) is 0. The Morgan fingerprint density at radius 1 is 1.14 bits per heavy atom. The summed E-state index contributed by atoms with van der Waals surface area (Å²) in [7, 11) is -4.52. The fourth-order valence-corrected chi connectivity index (χ4v) is 7.73. The van der Waals surface area contributed by atoms with Crippen molar-refractivity contribution in [2.24, 2.45) is 11.8 Å². The summed E-state index contributed by atoms with van der Waals surface area (Å²) in [5.41, 5.74) is 1.09. The molecule has 1 aromatic rings. The molecule has 3 nitrogen and oxygen atoms in total. The average Bonchev–Trinajstić information content (AvgIpc) is 2.80. The Morgan fingerprint density at radius 2 is 1.68 bits per heavy atom. The van der Waals surface area contributed by atoms with E-state index in [2.05, 4.69) is 42.2 Å². The van der Waals surface area contributed by atoms with Gasteiger partial charge in [-0.3, -0.25) is 0 Å². The molecule has 1 heterocycles. The van der Waals surface area contributed by atoms with Crippen molar-refractivity contribution >= 4 is 40.7 Å². The number of alkyl halides is 1. The second-order valence-corrected chi connectivity index (χ2v) is 15.9. The lowest BCUT2D eigenvalue weighted by Crippen LogP contribution is -2.30. The van der Waals surface area contributed by atoms with Crippen LogP contribution in [0.1, 0.15) is 5.56 Å². The molecule has 1 saturated heterocycles. The van der Waals surface area contributed by atoms with Gasteiger partial charge in [0.15, 0.2) is 0 Å². The molecule has 2 rings (SSSR count). The molecule has 2 atom stereocenters. The minimum atomic E-state index is -3.34. The van der Waals surface area contributed by atoms with Crippen LogP contribution in [-0.4, -0.2) is 38.3 Å². The Morgan fingerprint density at radius 3 is 2.18 bits per heavy atom. The van der Waals surface area contributed by atoms with Crippen LogP contribution >= 0.6 is 22.6 Å². The quantitative estimate of drug-likeness (QED) is 0.386. The smallest absolute Gasteiger partial charge is 0.207 e. The fraction of sp³-hybridized carbons (Fsp3) is 0.625. The third-order valence-electron chi connectivity index (χ3n) is 4.27. The highest BCUT2D eigenvalue weighted by molar-refractivity contribution is 14.1. The highest BCUT2D eigenvalue weighted by Crippen LogP contribution is 2.35. The molecule has 0 N–H and O–H groups in total. The lowest BCUT2D eigenvalue weighted by molar-refractivity contribution is 0.463. The van der Waals surface area contributed by atoms with E-state index in [4.69, 9.17) is 0 Å². The zero-order chi connectivity index (χ0) is 16.5. The molecule has 0 bridgehead atoms. The Hall–Kier alpha value is 0.0769. The van der Waals surface area contributed by atoms with Gasteiger partial charge in [0.1, 0.15) is 0 Å². The van der Waals surface area contributed by atoms with Gasteiger partial charge in [0, 0.05) is 25.6 Å². The standard InChI is InChI=1S/C16H26INO2SSi/c1-13-5-7-16(8-6-13)21(19,20)18-10-14(9-17)15(11-18)12-22(2,3)4/h5-8,14-15H,9-12H2,1-4H3/t14-,15-/m0/s1. The summed E-state index contributed by atoms with van der Waals surface area (Å²) in [5, 5.41) is 0. The third-order valence-corrected chi connectivity index (χ3v) is 9.00. The minimum Gasteiger partial charge on any atom is -0.207 e. The molecule has 0 amide bonds. The number of sulfonamides is 1. The van der Waals surface area contributed by atoms with Crippen molar-refractivity contribution in [2.75, 3.05) is 17.5 Å². The van der Waals surface area contributed by atoms with Crippen molar-refractivity contribution in [1.82, 2.24) is 4.31 Å². The van der Waals surface area contributed by atoms with Crippen LogP contribution in [0.4, 0.5) is 0 Å². The van der Waals surface area contributed by atoms with Crippen molar-refractivity contribution in [3.8, 4) is 0 Å². The summed E-state index contributed by atoms with van der Waals surface area (Å²) in [5.74, 6) is 1.01. The largest absolute Gasteiger partial charge is 0.243 e. The van der Waals surface area contributed by atoms with Crippen molar-refractivity contribution < 1.29 is 8.42 Å². The lowest BCUT2D eigenvalue weighted by Gasteiger charge is -2.24. The molecule has 1 aliphatic rings. The first kappa shape index (κ1) is 18.4. The second kappa shape index (κ2) is 6.90. The summed E-state index contributed by atoms with van der Waals surface area (Å²) >= 11 is 2.41. The van der Waals surface area contributed by atoms with Crippen LogP contribution in [0, 0.1) is 18.8 Å². The molecule has 0 aliphatic carbocycles. The number of benzene rings is 1. The number of rotatable bonds is 5. The van der Waals surface area contributed by atoms with E-state index >= 15 is 0 Å². The van der Waals surface area contributed by atoms with Crippen LogP contribution in [0.3, 0.4) is 0 Å². The minimum absolute atomic E-state index is 0.430. The van der Waals surface area contributed by atoms with Crippen LogP contribution in [0.2, 0.25) is 25.7 Å². The molecule has 22 heavy (non-hydrogen) atoms. The maximum atomic E-state index is 12.9. The summed E-state index contributed by atoms with van der Waals surface area (Å²) in [6, 6.07) is 8.42. The molecule has 6 heteroatoms. The van der Waals surface area contributed by atoms with Crippen LogP contribution in [-0.2, 0) is 10.0 Å². The van der Waals surface area contributed by atoms with Gasteiger partial charge in [-0.15, -0.1) is 0 Å². The summed E-state index contributed by atoms with van der Waals surface area (Å²) in [4.78, 5) is 0.430. The van der Waals surface area contributed by atoms with Crippen molar-refractivity contribution in [3.63, 3.8) is 0 Å². The molecule has 0 saturated carbocycles. The van der Waals surface area contributed by atoms with Gasteiger partial charge >= 0.3 is 0 Å². The van der Waals surface area contributed by atoms with Crippen LogP contribution < -0.4 is 0 Å². The van der Waals surface area contributed by atoms with Crippen molar-refractivity contribution in [1.29, 1.82) is 0 Å². The zero-order valence-electron chi connectivity index (χ0n) is 13.8. The summed E-state index contributed by atoms with van der Waals surface area (Å²) in [6.45, 7) is 10.4. The Kier molecular flexibility index (Phi) is 5.78. The molecule has 0 unspecified atom stereocenters. The van der Waals surface area contributed by atoms with Gasteiger partial charge in [0.05, 0.1) is 4.90 Å². The van der Waals surface area contributed by atoms with Gasteiger partial charge in [-0.2, -0.15) is 4.31 Å². The monoisotopic (exact) mass is 451 g/mol. The SMILES string of the molecule is Cc1ccc(S(=O)(=O)N2C[C@H](CI)[C@H](C[Si](C)(C)C)C2)cc1. The summed E-state index contributed by atoms with van der Waals surface area (Å²) < 4.78 is 28.5. The van der Waals surface area contributed by atoms with Gasteiger partial charge in [-0.05, 0) is 30.9 Å². The van der Waals surface area contributed by atoms with E-state index < -0.39 is 18.1 Å². The Balaban J connectivity index is 2.21. The molecule has 1 aromatic carbocycles. The van der Waals surface area contributed by atoms with Crippen molar-refractivity contribution in [3.05, 3.63) is 29.8 Å². The first-order valence-electron chi connectivity index (χ1n) is 7.76. The van der Waals surface area contributed by atoms with Gasteiger partial charge < -0.3 is 0 Å². The molecule has 0 spiro atoms. The van der Waals surface area contributed by atoms with E-state index in [0.29, 0.717) is 29.8 Å². The highest BCUT2D eigenvalue weighted by atomic mass is 127. The summed E-state index contributed by atoms with van der Waals surface area (Å²) in [6.07, 6.45) is 0. The maximum absolute atomic E-state index is 12.9. The number of nitrogens with zero attached hydrogens (tertiary/aromatic N) is 1. The van der Waals surface area contributed by atoms with Crippen LogP contribution in [0.25, 0.3) is 0 Å². The molecular weight excluding hydrogens is 425 g/mol. The van der Waals surface area contributed by atoms with E-state index in [9.17, 15) is 8.42 Å². The number of aryl methyl sites for hydroxylation is 1.